The average molecular weight is 520 g/mol. The molecule has 200 valence electrons. The zero-order valence-electron chi connectivity index (χ0n) is 20.5. The van der Waals surface area contributed by atoms with E-state index in [0.717, 1.165) is 0 Å². The first-order valence-electron chi connectivity index (χ1n) is 11.2. The first kappa shape index (κ1) is 26.5. The highest BCUT2D eigenvalue weighted by Gasteiger charge is 2.45. The molecule has 0 bridgehead atoms. The first-order chi connectivity index (χ1) is 17.8. The largest absolute Gasteiger partial charge is 0.497 e. The smallest absolute Gasteiger partial charge is 0.229 e. The maximum atomic E-state index is 13.4. The fraction of sp³-hybridized carbons (Fsp3) is 0.400. The van der Waals surface area contributed by atoms with Crippen molar-refractivity contribution in [2.75, 3.05) is 35.0 Å². The molecule has 0 radical (unpaired) electrons. The lowest BCUT2D eigenvalue weighted by molar-refractivity contribution is -0.277. The quantitative estimate of drug-likeness (QED) is 0.328. The van der Waals surface area contributed by atoms with E-state index in [-0.39, 0.29) is 34.0 Å². The van der Waals surface area contributed by atoms with Gasteiger partial charge in [-0.2, -0.15) is 0 Å². The van der Waals surface area contributed by atoms with E-state index in [1.807, 2.05) is 0 Å². The lowest BCUT2D eigenvalue weighted by Gasteiger charge is -2.39. The van der Waals surface area contributed by atoms with Crippen molar-refractivity contribution in [2.45, 2.75) is 30.7 Å². The van der Waals surface area contributed by atoms with Crippen LogP contribution in [0.15, 0.2) is 39.5 Å². The number of hydrogen-bond acceptors (Lipinski definition) is 12. The van der Waals surface area contributed by atoms with E-state index >= 15 is 0 Å². The molecule has 1 aliphatic heterocycles. The monoisotopic (exact) mass is 520 g/mol. The lowest BCUT2D eigenvalue weighted by atomic mass is 9.99. The third-order valence-electron chi connectivity index (χ3n) is 6.07. The molecule has 37 heavy (non-hydrogen) atoms. The molecular weight excluding hydrogens is 492 g/mol. The molecule has 3 aromatic rings. The van der Waals surface area contributed by atoms with Crippen LogP contribution >= 0.6 is 0 Å². The maximum absolute atomic E-state index is 13.4. The van der Waals surface area contributed by atoms with Crippen LogP contribution in [0.2, 0.25) is 0 Å². The van der Waals surface area contributed by atoms with E-state index in [1.54, 1.807) is 18.2 Å². The van der Waals surface area contributed by atoms with Crippen molar-refractivity contribution in [3.8, 4) is 40.1 Å². The van der Waals surface area contributed by atoms with Crippen molar-refractivity contribution in [3.63, 3.8) is 0 Å². The molecule has 0 aliphatic carbocycles. The summed E-state index contributed by atoms with van der Waals surface area (Å²) in [6.07, 6.45) is -7.71. The Morgan fingerprint density at radius 2 is 1.57 bits per heavy atom. The van der Waals surface area contributed by atoms with Crippen molar-refractivity contribution in [1.29, 1.82) is 0 Å². The highest BCUT2D eigenvalue weighted by molar-refractivity contribution is 5.92. The minimum Gasteiger partial charge on any atom is -0.497 e. The SMILES string of the molecule is COc1ccc(OC)c(-c2cc(=O)c3c(OC4O[C@H](CO)[C@@H](O)[C@H](O)[C@H]4O)cc(OC)c(OC)c3o2)c1. The van der Waals surface area contributed by atoms with Gasteiger partial charge in [0, 0.05) is 12.1 Å². The van der Waals surface area contributed by atoms with E-state index in [2.05, 4.69) is 0 Å². The molecule has 2 aromatic carbocycles. The molecule has 1 fully saturated rings. The molecule has 4 N–H and O–H groups in total. The van der Waals surface area contributed by atoms with E-state index in [1.165, 1.54) is 40.6 Å². The molecule has 1 saturated heterocycles. The van der Waals surface area contributed by atoms with E-state index in [4.69, 9.17) is 32.8 Å². The standard InChI is InChI=1S/C25H28O12/c1-31-11-5-6-14(32-2)12(7-11)15-8-13(27)19-16(9-17(33-3)23(34-4)24(19)35-15)36-25-22(30)21(29)20(28)18(10-26)37-25/h5-9,18,20-22,25-26,28-30H,10H2,1-4H3/t18-,20-,21+,22-,25?/m1/s1. The molecule has 0 saturated carbocycles. The number of aliphatic hydroxyl groups excluding tert-OH is 4. The van der Waals surface area contributed by atoms with Crippen LogP contribution in [0.3, 0.4) is 0 Å². The number of fused-ring (bicyclic) bond motifs is 1. The zero-order valence-corrected chi connectivity index (χ0v) is 20.5. The van der Waals surface area contributed by atoms with E-state index in [0.29, 0.717) is 17.1 Å². The fourth-order valence-electron chi connectivity index (χ4n) is 4.12. The summed E-state index contributed by atoms with van der Waals surface area (Å²) in [6.45, 7) is -0.647. The first-order valence-corrected chi connectivity index (χ1v) is 11.2. The van der Waals surface area contributed by atoms with Crippen molar-refractivity contribution >= 4 is 11.0 Å². The van der Waals surface area contributed by atoms with Crippen LogP contribution in [0.1, 0.15) is 0 Å². The van der Waals surface area contributed by atoms with Crippen molar-refractivity contribution in [1.82, 2.24) is 0 Å². The van der Waals surface area contributed by atoms with Gasteiger partial charge in [0.1, 0.15) is 52.8 Å². The molecule has 1 aliphatic rings. The minimum atomic E-state index is -1.70. The second-order valence-corrected chi connectivity index (χ2v) is 8.17. The third-order valence-corrected chi connectivity index (χ3v) is 6.07. The Morgan fingerprint density at radius 1 is 0.838 bits per heavy atom. The number of methoxy groups -OCH3 is 4. The minimum absolute atomic E-state index is 0.0335. The van der Waals surface area contributed by atoms with E-state index in [9.17, 15) is 25.2 Å². The molecule has 0 spiro atoms. The Morgan fingerprint density at radius 3 is 2.19 bits per heavy atom. The average Bonchev–Trinajstić information content (AvgIpc) is 2.92. The predicted octanol–water partition coefficient (Wildman–Crippen LogP) is 0.673. The Bertz CT molecular complexity index is 1320. The molecule has 1 unspecified atom stereocenters. The predicted molar refractivity (Wildman–Crippen MR) is 129 cm³/mol. The van der Waals surface area contributed by atoms with Gasteiger partial charge in [0.05, 0.1) is 40.6 Å². The molecule has 5 atom stereocenters. The zero-order chi connectivity index (χ0) is 26.9. The molecule has 2 heterocycles. The maximum Gasteiger partial charge on any atom is 0.229 e. The van der Waals surface area contributed by atoms with Crippen molar-refractivity contribution in [2.24, 2.45) is 0 Å². The Kier molecular flexibility index (Phi) is 7.76. The summed E-state index contributed by atoms with van der Waals surface area (Å²) in [7, 11) is 5.71. The van der Waals surface area contributed by atoms with Crippen LogP contribution < -0.4 is 29.1 Å². The normalized spacial score (nSPS) is 23.5. The van der Waals surface area contributed by atoms with Crippen LogP contribution in [0.5, 0.6) is 28.7 Å². The fourth-order valence-corrected chi connectivity index (χ4v) is 4.12. The number of rotatable bonds is 8. The van der Waals surface area contributed by atoms with Crippen LogP contribution in [0.25, 0.3) is 22.3 Å². The van der Waals surface area contributed by atoms with Gasteiger partial charge < -0.3 is 53.3 Å². The molecular formula is C25H28O12. The second-order valence-electron chi connectivity index (χ2n) is 8.17. The summed E-state index contributed by atoms with van der Waals surface area (Å²) in [6, 6.07) is 7.56. The van der Waals surface area contributed by atoms with Crippen LogP contribution in [-0.2, 0) is 4.74 Å². The van der Waals surface area contributed by atoms with Gasteiger partial charge >= 0.3 is 0 Å². The molecule has 1 aromatic heterocycles. The second kappa shape index (κ2) is 10.8. The van der Waals surface area contributed by atoms with Gasteiger partial charge in [-0.15, -0.1) is 0 Å². The number of ether oxygens (including phenoxy) is 6. The van der Waals surface area contributed by atoms with Crippen LogP contribution in [0.4, 0.5) is 0 Å². The van der Waals surface area contributed by atoms with Crippen LogP contribution in [0, 0.1) is 0 Å². The number of aliphatic hydroxyl groups is 4. The molecule has 4 rings (SSSR count). The van der Waals surface area contributed by atoms with E-state index < -0.39 is 42.7 Å². The number of benzene rings is 2. The van der Waals surface area contributed by atoms with Gasteiger partial charge in [0.25, 0.3) is 0 Å². The number of hydrogen-bond donors (Lipinski definition) is 4. The van der Waals surface area contributed by atoms with Gasteiger partial charge in [-0.25, -0.2) is 0 Å². The molecule has 0 amide bonds. The summed E-state index contributed by atoms with van der Waals surface area (Å²) < 4.78 is 38.9. The summed E-state index contributed by atoms with van der Waals surface area (Å²) >= 11 is 0. The van der Waals surface area contributed by atoms with Crippen molar-refractivity contribution in [3.05, 3.63) is 40.6 Å². The highest BCUT2D eigenvalue weighted by atomic mass is 16.7. The highest BCUT2D eigenvalue weighted by Crippen LogP contribution is 2.43. The molecule has 12 nitrogen and oxygen atoms in total. The lowest BCUT2D eigenvalue weighted by Crippen LogP contribution is -2.60. The summed E-state index contributed by atoms with van der Waals surface area (Å²) in [5.41, 5.74) is -0.141. The van der Waals surface area contributed by atoms with Gasteiger partial charge in [-0.05, 0) is 18.2 Å². The van der Waals surface area contributed by atoms with Gasteiger partial charge in [-0.3, -0.25) is 4.79 Å². The summed E-state index contributed by atoms with van der Waals surface area (Å²) in [5.74, 6) is 1.17. The van der Waals surface area contributed by atoms with Gasteiger partial charge in [-0.1, -0.05) is 0 Å². The van der Waals surface area contributed by atoms with Crippen LogP contribution in [-0.4, -0.2) is 86.2 Å². The Hall–Kier alpha value is -3.55. The van der Waals surface area contributed by atoms with Gasteiger partial charge in [0.2, 0.25) is 12.0 Å². The Labute approximate surface area is 211 Å². The summed E-state index contributed by atoms with van der Waals surface area (Å²) in [5, 5.41) is 40.0. The third kappa shape index (κ3) is 4.77. The molecule has 12 heteroatoms. The summed E-state index contributed by atoms with van der Waals surface area (Å²) in [4.78, 5) is 13.4. The topological polar surface area (TPSA) is 167 Å². The van der Waals surface area contributed by atoms with Crippen molar-refractivity contribution < 1.29 is 53.3 Å². The Balaban J connectivity index is 1.90. The van der Waals surface area contributed by atoms with Gasteiger partial charge in [0.15, 0.2) is 16.8 Å².